The van der Waals surface area contributed by atoms with Gasteiger partial charge in [0.05, 0.1) is 11.8 Å². The molecule has 20 heavy (non-hydrogen) atoms. The smallest absolute Gasteiger partial charge is 0.146 e. The highest BCUT2D eigenvalue weighted by molar-refractivity contribution is 5.56. The van der Waals surface area contributed by atoms with Crippen LogP contribution in [0.2, 0.25) is 0 Å². The number of para-hydroxylation sites is 1. The first-order valence-electron chi connectivity index (χ1n) is 7.73. The summed E-state index contributed by atoms with van der Waals surface area (Å²) in [7, 11) is 0. The number of halogens is 1. The van der Waals surface area contributed by atoms with Gasteiger partial charge >= 0.3 is 0 Å². The van der Waals surface area contributed by atoms with Gasteiger partial charge in [0.15, 0.2) is 0 Å². The van der Waals surface area contributed by atoms with Gasteiger partial charge in [0.25, 0.3) is 0 Å². The molecule has 0 radical (unpaired) electrons. The zero-order valence-corrected chi connectivity index (χ0v) is 12.8. The molecule has 1 aromatic rings. The Bertz CT molecular complexity index is 439. The van der Waals surface area contributed by atoms with Crippen LogP contribution >= 0.6 is 0 Å². The Morgan fingerprint density at radius 1 is 1.25 bits per heavy atom. The van der Waals surface area contributed by atoms with Crippen molar-refractivity contribution in [1.29, 1.82) is 0 Å². The van der Waals surface area contributed by atoms with Crippen LogP contribution in [-0.2, 0) is 0 Å². The number of benzene rings is 1. The molecule has 1 aliphatic carbocycles. The molecule has 0 heterocycles. The van der Waals surface area contributed by atoms with Crippen molar-refractivity contribution in [1.82, 2.24) is 0 Å². The van der Waals surface area contributed by atoms with Gasteiger partial charge in [0.2, 0.25) is 0 Å². The molecule has 1 N–H and O–H groups in total. The molecule has 1 fully saturated rings. The van der Waals surface area contributed by atoms with E-state index in [-0.39, 0.29) is 5.82 Å². The van der Waals surface area contributed by atoms with Crippen LogP contribution in [0, 0.1) is 11.7 Å². The molecule has 1 aromatic carbocycles. The predicted molar refractivity (Wildman–Crippen MR) is 81.5 cm³/mol. The monoisotopic (exact) mass is 279 g/mol. The van der Waals surface area contributed by atoms with Crippen LogP contribution in [0.4, 0.5) is 10.1 Å². The van der Waals surface area contributed by atoms with Crippen molar-refractivity contribution >= 4 is 5.69 Å². The first-order valence-corrected chi connectivity index (χ1v) is 7.73. The normalized spacial score (nSPS) is 17.7. The second kappa shape index (κ2) is 6.57. The minimum Gasteiger partial charge on any atom is -0.389 e. The van der Waals surface area contributed by atoms with E-state index in [4.69, 9.17) is 0 Å². The molecule has 0 saturated heterocycles. The Morgan fingerprint density at radius 2 is 1.90 bits per heavy atom. The highest BCUT2D eigenvalue weighted by Crippen LogP contribution is 2.35. The molecule has 0 aromatic heterocycles. The van der Waals surface area contributed by atoms with E-state index < -0.39 is 6.10 Å². The topological polar surface area (TPSA) is 23.5 Å². The maximum atomic E-state index is 14.4. The number of hydrogen-bond acceptors (Lipinski definition) is 2. The third kappa shape index (κ3) is 3.32. The highest BCUT2D eigenvalue weighted by Gasteiger charge is 2.28. The predicted octanol–water partition coefficient (Wildman–Crippen LogP) is 4.28. The van der Waals surface area contributed by atoms with Crippen LogP contribution in [-0.4, -0.2) is 17.7 Å². The number of aliphatic hydroxyl groups is 1. The van der Waals surface area contributed by atoms with E-state index >= 15 is 0 Å². The fraction of sp³-hybridized carbons (Fsp3) is 0.647. The van der Waals surface area contributed by atoms with E-state index in [9.17, 15) is 9.50 Å². The summed E-state index contributed by atoms with van der Waals surface area (Å²) in [6, 6.07) is 5.43. The van der Waals surface area contributed by atoms with Crippen molar-refractivity contribution in [2.24, 2.45) is 5.92 Å². The van der Waals surface area contributed by atoms with Crippen molar-refractivity contribution < 1.29 is 9.50 Å². The average molecular weight is 279 g/mol. The van der Waals surface area contributed by atoms with E-state index in [1.54, 1.807) is 13.0 Å². The van der Waals surface area contributed by atoms with Crippen molar-refractivity contribution in [2.45, 2.75) is 58.6 Å². The molecule has 1 saturated carbocycles. The molecule has 1 aliphatic rings. The van der Waals surface area contributed by atoms with E-state index in [0.29, 0.717) is 23.2 Å². The molecule has 0 amide bonds. The fourth-order valence-corrected chi connectivity index (χ4v) is 3.20. The van der Waals surface area contributed by atoms with Crippen molar-refractivity contribution in [3.63, 3.8) is 0 Å². The molecule has 2 nitrogen and oxygen atoms in total. The summed E-state index contributed by atoms with van der Waals surface area (Å²) < 4.78 is 14.4. The minimum atomic E-state index is -0.642. The van der Waals surface area contributed by atoms with Gasteiger partial charge in [-0.3, -0.25) is 0 Å². The Hall–Kier alpha value is -1.09. The van der Waals surface area contributed by atoms with Crippen LogP contribution in [0.1, 0.15) is 58.1 Å². The Balaban J connectivity index is 2.41. The lowest BCUT2D eigenvalue weighted by molar-refractivity contribution is 0.199. The zero-order chi connectivity index (χ0) is 14.7. The van der Waals surface area contributed by atoms with Gasteiger partial charge in [-0.05, 0) is 31.7 Å². The number of anilines is 1. The minimum absolute atomic E-state index is 0.212. The van der Waals surface area contributed by atoms with Gasteiger partial charge in [0, 0.05) is 18.2 Å². The summed E-state index contributed by atoms with van der Waals surface area (Å²) in [4.78, 5) is 2.20. The third-order valence-electron chi connectivity index (χ3n) is 4.08. The van der Waals surface area contributed by atoms with Gasteiger partial charge in [0.1, 0.15) is 5.82 Å². The van der Waals surface area contributed by atoms with Crippen LogP contribution < -0.4 is 4.90 Å². The van der Waals surface area contributed by atoms with Gasteiger partial charge < -0.3 is 10.0 Å². The number of aliphatic hydroxyl groups excluding tert-OH is 1. The lowest BCUT2D eigenvalue weighted by Crippen LogP contribution is -2.37. The number of nitrogens with zero attached hydrogens (tertiary/aromatic N) is 1. The van der Waals surface area contributed by atoms with Crippen molar-refractivity contribution in [2.75, 3.05) is 11.4 Å². The van der Waals surface area contributed by atoms with Crippen LogP contribution in [0.3, 0.4) is 0 Å². The highest BCUT2D eigenvalue weighted by atomic mass is 19.1. The summed E-state index contributed by atoms with van der Waals surface area (Å²) in [6.45, 7) is 6.86. The summed E-state index contributed by atoms with van der Waals surface area (Å²) in [5.74, 6) is 0.257. The van der Waals surface area contributed by atoms with Crippen LogP contribution in [0.5, 0.6) is 0 Å². The fourth-order valence-electron chi connectivity index (χ4n) is 3.20. The molecule has 3 heteroatoms. The Kier molecular flexibility index (Phi) is 5.03. The Labute approximate surface area is 121 Å². The second-order valence-corrected chi connectivity index (χ2v) is 6.34. The summed E-state index contributed by atoms with van der Waals surface area (Å²) >= 11 is 0. The summed E-state index contributed by atoms with van der Waals surface area (Å²) in [6.07, 6.45) is 4.05. The first-order chi connectivity index (χ1) is 9.50. The Morgan fingerprint density at radius 3 is 2.45 bits per heavy atom. The number of hydrogen-bond donors (Lipinski definition) is 1. The van der Waals surface area contributed by atoms with Crippen LogP contribution in [0.25, 0.3) is 0 Å². The van der Waals surface area contributed by atoms with E-state index in [0.717, 1.165) is 19.4 Å². The van der Waals surface area contributed by atoms with E-state index in [1.165, 1.54) is 18.9 Å². The molecule has 0 bridgehead atoms. The van der Waals surface area contributed by atoms with Crippen molar-refractivity contribution in [3.05, 3.63) is 29.6 Å². The number of rotatable bonds is 5. The zero-order valence-electron chi connectivity index (χ0n) is 12.8. The standard InChI is InChI=1S/C17H26FNO/c1-12(2)11-19(14-7-4-5-8-14)17-15(13(3)20)9-6-10-16(17)18/h6,9-10,12-14,20H,4-5,7-8,11H2,1-3H3/t13-/m0/s1. The maximum Gasteiger partial charge on any atom is 0.146 e. The summed E-state index contributed by atoms with van der Waals surface area (Å²) in [5, 5.41) is 9.96. The van der Waals surface area contributed by atoms with Gasteiger partial charge in [-0.2, -0.15) is 0 Å². The van der Waals surface area contributed by atoms with Gasteiger partial charge in [-0.25, -0.2) is 4.39 Å². The third-order valence-corrected chi connectivity index (χ3v) is 4.08. The second-order valence-electron chi connectivity index (χ2n) is 6.34. The largest absolute Gasteiger partial charge is 0.389 e. The molecule has 112 valence electrons. The molecular weight excluding hydrogens is 253 g/mol. The van der Waals surface area contributed by atoms with Crippen molar-refractivity contribution in [3.8, 4) is 0 Å². The quantitative estimate of drug-likeness (QED) is 0.869. The molecule has 0 aliphatic heterocycles. The lowest BCUT2D eigenvalue weighted by atomic mass is 10.0. The molecule has 2 rings (SSSR count). The lowest BCUT2D eigenvalue weighted by Gasteiger charge is -2.35. The molecule has 0 spiro atoms. The SMILES string of the molecule is CC(C)CN(c1c(F)cccc1[C@H](C)O)C1CCCC1. The van der Waals surface area contributed by atoms with E-state index in [2.05, 4.69) is 18.7 Å². The van der Waals surface area contributed by atoms with Gasteiger partial charge in [-0.1, -0.05) is 38.8 Å². The molecule has 1 atom stereocenters. The van der Waals surface area contributed by atoms with E-state index in [1.807, 2.05) is 6.07 Å². The van der Waals surface area contributed by atoms with Crippen LogP contribution in [0.15, 0.2) is 18.2 Å². The first kappa shape index (κ1) is 15.3. The summed E-state index contributed by atoms with van der Waals surface area (Å²) in [5.41, 5.74) is 1.32. The average Bonchev–Trinajstić information content (AvgIpc) is 2.89. The molecular formula is C17H26FNO. The molecule has 0 unspecified atom stereocenters. The van der Waals surface area contributed by atoms with Gasteiger partial charge in [-0.15, -0.1) is 0 Å². The maximum absolute atomic E-state index is 14.4.